The molecule has 0 fully saturated rings. The van der Waals surface area contributed by atoms with Crippen LogP contribution in [-0.2, 0) is 14.3 Å². The second-order valence-electron chi connectivity index (χ2n) is 15.5. The van der Waals surface area contributed by atoms with Gasteiger partial charge >= 0.3 is 5.97 Å². The number of carbonyl (C=O) groups is 2. The molecule has 3 N–H and O–H groups in total. The predicted octanol–water partition coefficient (Wildman–Crippen LogP) is 12.9. The molecule has 0 radical (unpaired) electrons. The lowest BCUT2D eigenvalue weighted by Crippen LogP contribution is -2.46. The van der Waals surface area contributed by atoms with Gasteiger partial charge in [-0.1, -0.05) is 205 Å². The van der Waals surface area contributed by atoms with Gasteiger partial charge in [0.25, 0.3) is 0 Å². The summed E-state index contributed by atoms with van der Waals surface area (Å²) in [6.07, 6.45) is 46.3. The van der Waals surface area contributed by atoms with Gasteiger partial charge in [0, 0.05) is 6.42 Å². The lowest BCUT2D eigenvalue weighted by Gasteiger charge is -2.24. The van der Waals surface area contributed by atoms with Crippen LogP contribution in [0.25, 0.3) is 0 Å². The van der Waals surface area contributed by atoms with Crippen molar-refractivity contribution in [3.63, 3.8) is 0 Å². The summed E-state index contributed by atoms with van der Waals surface area (Å²) in [7, 11) is 0. The van der Waals surface area contributed by atoms with Gasteiger partial charge in [-0.25, -0.2) is 0 Å². The van der Waals surface area contributed by atoms with Crippen molar-refractivity contribution < 1.29 is 24.5 Å². The SMILES string of the molecule is CC/C=C/C=C/C=C/CCCCCCCCCC(=O)OC(CCCCCCCCCCCC)CC(=O)NC(CO)C(O)CCCCCCCCCCC. The van der Waals surface area contributed by atoms with E-state index < -0.39 is 18.2 Å². The fourth-order valence-electron chi connectivity index (χ4n) is 6.84. The molecule has 0 aliphatic carbocycles. The van der Waals surface area contributed by atoms with E-state index in [2.05, 4.69) is 62.5 Å². The molecule has 6 heteroatoms. The van der Waals surface area contributed by atoms with Crippen molar-refractivity contribution >= 4 is 11.9 Å². The zero-order valence-corrected chi connectivity index (χ0v) is 35.1. The zero-order valence-electron chi connectivity index (χ0n) is 35.1. The van der Waals surface area contributed by atoms with Crippen LogP contribution in [0.5, 0.6) is 0 Å². The number of unbranched alkanes of at least 4 members (excludes halogenated alkanes) is 24. The molecular weight excluding hydrogens is 659 g/mol. The highest BCUT2D eigenvalue weighted by molar-refractivity contribution is 5.77. The number of amides is 1. The third-order valence-corrected chi connectivity index (χ3v) is 10.3. The van der Waals surface area contributed by atoms with Gasteiger partial charge < -0.3 is 20.3 Å². The Morgan fingerprint density at radius 2 is 1.02 bits per heavy atom. The van der Waals surface area contributed by atoms with Gasteiger partial charge in [0.1, 0.15) is 6.10 Å². The van der Waals surface area contributed by atoms with Gasteiger partial charge in [-0.3, -0.25) is 9.59 Å². The molecule has 0 heterocycles. The van der Waals surface area contributed by atoms with Crippen LogP contribution in [0.15, 0.2) is 36.5 Å². The summed E-state index contributed by atoms with van der Waals surface area (Å²) in [5, 5.41) is 23.6. The van der Waals surface area contributed by atoms with Crippen LogP contribution < -0.4 is 5.32 Å². The Labute approximate surface area is 328 Å². The highest BCUT2D eigenvalue weighted by Gasteiger charge is 2.24. The first kappa shape index (κ1) is 51.1. The van der Waals surface area contributed by atoms with Gasteiger partial charge in [-0.05, 0) is 44.9 Å². The smallest absolute Gasteiger partial charge is 0.306 e. The van der Waals surface area contributed by atoms with Crippen molar-refractivity contribution in [1.29, 1.82) is 0 Å². The quantitative estimate of drug-likeness (QED) is 0.0330. The summed E-state index contributed by atoms with van der Waals surface area (Å²) in [6, 6.07) is -0.697. The molecule has 0 aromatic carbocycles. The average molecular weight is 746 g/mol. The summed E-state index contributed by atoms with van der Waals surface area (Å²) in [5.74, 6) is -0.485. The van der Waals surface area contributed by atoms with Crippen LogP contribution >= 0.6 is 0 Å². The molecule has 0 bridgehead atoms. The van der Waals surface area contributed by atoms with Crippen molar-refractivity contribution in [3.8, 4) is 0 Å². The third-order valence-electron chi connectivity index (χ3n) is 10.3. The van der Waals surface area contributed by atoms with Crippen molar-refractivity contribution in [1.82, 2.24) is 5.32 Å². The van der Waals surface area contributed by atoms with Crippen molar-refractivity contribution in [2.24, 2.45) is 0 Å². The summed E-state index contributed by atoms with van der Waals surface area (Å²) in [4.78, 5) is 25.9. The molecular formula is C47H87NO5. The molecule has 3 unspecified atom stereocenters. The number of aliphatic hydroxyl groups excluding tert-OH is 2. The van der Waals surface area contributed by atoms with Crippen molar-refractivity contribution in [2.45, 2.75) is 244 Å². The summed E-state index contributed by atoms with van der Waals surface area (Å²) < 4.78 is 5.89. The van der Waals surface area contributed by atoms with E-state index >= 15 is 0 Å². The first-order chi connectivity index (χ1) is 26.0. The van der Waals surface area contributed by atoms with Crippen molar-refractivity contribution in [3.05, 3.63) is 36.5 Å². The molecule has 0 aromatic heterocycles. The summed E-state index contributed by atoms with van der Waals surface area (Å²) >= 11 is 0. The van der Waals surface area contributed by atoms with E-state index in [4.69, 9.17) is 4.74 Å². The molecule has 53 heavy (non-hydrogen) atoms. The maximum atomic E-state index is 13.1. The van der Waals surface area contributed by atoms with Crippen molar-refractivity contribution in [2.75, 3.05) is 6.61 Å². The van der Waals surface area contributed by atoms with Gasteiger partial charge in [-0.15, -0.1) is 0 Å². The predicted molar refractivity (Wildman–Crippen MR) is 227 cm³/mol. The number of ether oxygens (including phenoxy) is 1. The van der Waals surface area contributed by atoms with E-state index in [0.717, 1.165) is 64.2 Å². The Kier molecular flexibility index (Phi) is 39.8. The molecule has 6 nitrogen and oxygen atoms in total. The Morgan fingerprint density at radius 1 is 0.566 bits per heavy atom. The highest BCUT2D eigenvalue weighted by Crippen LogP contribution is 2.18. The van der Waals surface area contributed by atoms with Gasteiger partial charge in [0.2, 0.25) is 5.91 Å². The largest absolute Gasteiger partial charge is 0.462 e. The van der Waals surface area contributed by atoms with E-state index in [1.54, 1.807) is 0 Å². The van der Waals surface area contributed by atoms with E-state index in [1.165, 1.54) is 116 Å². The van der Waals surface area contributed by atoms with Crippen LogP contribution in [0.3, 0.4) is 0 Å². The zero-order chi connectivity index (χ0) is 38.9. The van der Waals surface area contributed by atoms with Crippen LogP contribution in [0, 0.1) is 0 Å². The fraction of sp³-hybridized carbons (Fsp3) is 0.830. The first-order valence-electron chi connectivity index (χ1n) is 22.7. The molecule has 3 atom stereocenters. The Morgan fingerprint density at radius 3 is 1.53 bits per heavy atom. The number of hydrogen-bond acceptors (Lipinski definition) is 5. The van der Waals surface area contributed by atoms with E-state index in [1.807, 2.05) is 0 Å². The molecule has 310 valence electrons. The summed E-state index contributed by atoms with van der Waals surface area (Å²) in [5.41, 5.74) is 0. The summed E-state index contributed by atoms with van der Waals surface area (Å²) in [6.45, 7) is 6.31. The minimum Gasteiger partial charge on any atom is -0.462 e. The number of esters is 1. The fourth-order valence-corrected chi connectivity index (χ4v) is 6.84. The molecule has 0 spiro atoms. The van der Waals surface area contributed by atoms with Gasteiger partial charge in [0.05, 0.1) is 25.2 Å². The third kappa shape index (κ3) is 36.8. The van der Waals surface area contributed by atoms with E-state index in [-0.39, 0.29) is 24.9 Å². The minimum absolute atomic E-state index is 0.0752. The number of aliphatic hydroxyl groups is 2. The Bertz CT molecular complexity index is 884. The van der Waals surface area contributed by atoms with Crippen LogP contribution in [0.2, 0.25) is 0 Å². The number of hydrogen-bond donors (Lipinski definition) is 3. The molecule has 0 aliphatic rings. The standard InChI is InChI=1S/C47H87NO5/c1-4-7-10-13-16-19-21-22-23-24-25-28-31-34-37-40-47(52)53-43(38-35-32-29-27-20-17-14-11-8-5-2)41-46(51)48-44(42-49)45(50)39-36-33-30-26-18-15-12-9-6-3/h7,10,13,16,19,21,43-45,49-50H,4-6,8-9,11-12,14-15,17-18,20,22-42H2,1-3H3,(H,48,51)/b10-7+,16-13+,21-19+. The van der Waals surface area contributed by atoms with E-state index in [0.29, 0.717) is 19.3 Å². The van der Waals surface area contributed by atoms with Crippen LogP contribution in [0.1, 0.15) is 226 Å². The number of allylic oxidation sites excluding steroid dienone is 6. The lowest BCUT2D eigenvalue weighted by molar-refractivity contribution is -0.151. The first-order valence-corrected chi connectivity index (χ1v) is 22.7. The minimum atomic E-state index is -0.784. The second-order valence-corrected chi connectivity index (χ2v) is 15.5. The number of carbonyl (C=O) groups excluding carboxylic acids is 2. The number of nitrogens with one attached hydrogen (secondary N) is 1. The topological polar surface area (TPSA) is 95.9 Å². The van der Waals surface area contributed by atoms with Gasteiger partial charge in [-0.2, -0.15) is 0 Å². The number of rotatable bonds is 40. The molecule has 0 rings (SSSR count). The monoisotopic (exact) mass is 746 g/mol. The maximum absolute atomic E-state index is 13.1. The molecule has 0 saturated carbocycles. The Balaban J connectivity index is 4.55. The second kappa shape index (κ2) is 41.2. The normalized spacial score (nSPS) is 13.7. The Hall–Kier alpha value is -1.92. The molecule has 0 aliphatic heterocycles. The van der Waals surface area contributed by atoms with Gasteiger partial charge in [0.15, 0.2) is 0 Å². The molecule has 1 amide bonds. The maximum Gasteiger partial charge on any atom is 0.306 e. The molecule has 0 aromatic rings. The van der Waals surface area contributed by atoms with E-state index in [9.17, 15) is 19.8 Å². The lowest BCUT2D eigenvalue weighted by atomic mass is 10.0. The van der Waals surface area contributed by atoms with Crippen LogP contribution in [0.4, 0.5) is 0 Å². The highest BCUT2D eigenvalue weighted by atomic mass is 16.5. The average Bonchev–Trinajstić information content (AvgIpc) is 3.15. The molecule has 0 saturated heterocycles. The van der Waals surface area contributed by atoms with Crippen LogP contribution in [-0.4, -0.2) is 46.9 Å².